The van der Waals surface area contributed by atoms with Crippen LogP contribution >= 0.6 is 0 Å². The molecule has 4 aromatic rings. The van der Waals surface area contributed by atoms with Gasteiger partial charge >= 0.3 is 0 Å². The lowest BCUT2D eigenvalue weighted by molar-refractivity contribution is -0.178. The maximum absolute atomic E-state index is 6.35. The van der Waals surface area contributed by atoms with Gasteiger partial charge in [0.25, 0.3) is 0 Å². The zero-order chi connectivity index (χ0) is 22.3. The van der Waals surface area contributed by atoms with Crippen molar-refractivity contribution in [2.75, 3.05) is 7.11 Å². The van der Waals surface area contributed by atoms with Crippen LogP contribution in [-0.4, -0.2) is 12.7 Å². The molecule has 1 aliphatic rings. The minimum Gasteiger partial charge on any atom is -0.483 e. The van der Waals surface area contributed by atoms with E-state index in [4.69, 9.17) is 14.5 Å². The average molecular weight is 423 g/mol. The summed E-state index contributed by atoms with van der Waals surface area (Å²) in [6.07, 6.45) is 2.23. The van der Waals surface area contributed by atoms with Crippen LogP contribution in [0.4, 0.5) is 0 Å². The second kappa shape index (κ2) is 7.85. The molecular weight excluding hydrogens is 396 g/mol. The second-order valence-corrected chi connectivity index (χ2v) is 8.81. The van der Waals surface area contributed by atoms with Crippen molar-refractivity contribution in [2.45, 2.75) is 26.4 Å². The summed E-state index contributed by atoms with van der Waals surface area (Å²) in [5.74, 6) is 1.60. The third kappa shape index (κ3) is 3.88. The summed E-state index contributed by atoms with van der Waals surface area (Å²) >= 11 is 0. The SMILES string of the molecule is COOc1ccc(-c2ccc3cc4c(cc3c2)C(c2ccc(C)cc2)=CC(C)(C)O4)cc1. The third-order valence-electron chi connectivity index (χ3n) is 5.82. The van der Waals surface area contributed by atoms with Gasteiger partial charge in [0.15, 0.2) is 5.75 Å². The molecule has 5 rings (SSSR count). The van der Waals surface area contributed by atoms with Gasteiger partial charge in [0.2, 0.25) is 0 Å². The van der Waals surface area contributed by atoms with Crippen molar-refractivity contribution in [1.29, 1.82) is 0 Å². The molecule has 1 aliphatic heterocycles. The van der Waals surface area contributed by atoms with Gasteiger partial charge in [-0.3, -0.25) is 0 Å². The first-order chi connectivity index (χ1) is 15.4. The number of fused-ring (bicyclic) bond motifs is 2. The van der Waals surface area contributed by atoms with E-state index in [2.05, 4.69) is 81.4 Å². The predicted octanol–water partition coefficient (Wildman–Crippen LogP) is 7.36. The van der Waals surface area contributed by atoms with E-state index >= 15 is 0 Å². The Hall–Kier alpha value is -3.56. The summed E-state index contributed by atoms with van der Waals surface area (Å²) < 4.78 is 6.35. The average Bonchev–Trinajstić information content (AvgIpc) is 2.78. The highest BCUT2D eigenvalue weighted by molar-refractivity contribution is 5.95. The second-order valence-electron chi connectivity index (χ2n) is 8.81. The van der Waals surface area contributed by atoms with Crippen molar-refractivity contribution in [1.82, 2.24) is 0 Å². The van der Waals surface area contributed by atoms with E-state index in [0.717, 1.165) is 27.8 Å². The molecule has 0 aromatic heterocycles. The smallest absolute Gasteiger partial charge is 0.165 e. The van der Waals surface area contributed by atoms with Crippen molar-refractivity contribution in [3.05, 3.63) is 102 Å². The summed E-state index contributed by atoms with van der Waals surface area (Å²) in [6, 6.07) is 27.5. The number of hydrogen-bond acceptors (Lipinski definition) is 3. The Kier molecular flexibility index (Phi) is 4.99. The van der Waals surface area contributed by atoms with Crippen LogP contribution < -0.4 is 9.62 Å². The van der Waals surface area contributed by atoms with Gasteiger partial charge in [-0.25, -0.2) is 0 Å². The first-order valence-electron chi connectivity index (χ1n) is 10.8. The highest BCUT2D eigenvalue weighted by Gasteiger charge is 2.27. The molecule has 0 aliphatic carbocycles. The number of benzene rings is 4. The lowest BCUT2D eigenvalue weighted by Crippen LogP contribution is -2.29. The van der Waals surface area contributed by atoms with Gasteiger partial charge in [-0.1, -0.05) is 54.1 Å². The summed E-state index contributed by atoms with van der Waals surface area (Å²) in [5, 5.41) is 2.34. The number of rotatable bonds is 4. The van der Waals surface area contributed by atoms with E-state index in [1.807, 2.05) is 24.3 Å². The molecule has 4 aromatic carbocycles. The van der Waals surface area contributed by atoms with Gasteiger partial charge in [0, 0.05) is 5.56 Å². The van der Waals surface area contributed by atoms with Crippen molar-refractivity contribution in [2.24, 2.45) is 0 Å². The van der Waals surface area contributed by atoms with Crippen molar-refractivity contribution in [3.8, 4) is 22.6 Å². The Balaban J connectivity index is 1.61. The lowest BCUT2D eigenvalue weighted by atomic mass is 9.88. The zero-order valence-corrected chi connectivity index (χ0v) is 18.8. The Labute approximate surface area is 188 Å². The maximum Gasteiger partial charge on any atom is 0.165 e. The summed E-state index contributed by atoms with van der Waals surface area (Å²) in [4.78, 5) is 9.82. The normalized spacial score (nSPS) is 14.4. The molecule has 3 nitrogen and oxygen atoms in total. The van der Waals surface area contributed by atoms with E-state index < -0.39 is 0 Å². The van der Waals surface area contributed by atoms with Crippen LogP contribution in [0.25, 0.3) is 27.5 Å². The molecule has 3 heteroatoms. The van der Waals surface area contributed by atoms with E-state index in [0.29, 0.717) is 5.75 Å². The molecule has 32 heavy (non-hydrogen) atoms. The van der Waals surface area contributed by atoms with Gasteiger partial charge in [-0.05, 0) is 90.2 Å². The monoisotopic (exact) mass is 422 g/mol. The first-order valence-corrected chi connectivity index (χ1v) is 10.8. The highest BCUT2D eigenvalue weighted by atomic mass is 17.2. The Bertz CT molecular complexity index is 1310. The standard InChI is InChI=1S/C29H26O3/c1-19-5-7-21(8-6-19)27-18-29(2,3)31-28-17-23-10-9-22(15-24(23)16-26(27)28)20-11-13-25(14-12-20)32-30-4/h5-18H,1-4H3. The predicted molar refractivity (Wildman–Crippen MR) is 130 cm³/mol. The molecule has 1 heterocycles. The molecule has 0 bridgehead atoms. The molecule has 0 fully saturated rings. The third-order valence-corrected chi connectivity index (χ3v) is 5.82. The topological polar surface area (TPSA) is 27.7 Å². The number of aryl methyl sites for hydroxylation is 1. The fourth-order valence-corrected chi connectivity index (χ4v) is 4.26. The maximum atomic E-state index is 6.35. The van der Waals surface area contributed by atoms with Gasteiger partial charge in [0.05, 0.1) is 7.11 Å². The first kappa shape index (κ1) is 20.3. The van der Waals surface area contributed by atoms with Crippen molar-refractivity contribution < 1.29 is 14.5 Å². The van der Waals surface area contributed by atoms with Crippen LogP contribution in [-0.2, 0) is 4.89 Å². The number of hydrogen-bond donors (Lipinski definition) is 0. The Morgan fingerprint density at radius 2 is 1.41 bits per heavy atom. The van der Waals surface area contributed by atoms with E-state index in [1.54, 1.807) is 0 Å². The minimum atomic E-state index is -0.368. The van der Waals surface area contributed by atoms with Crippen molar-refractivity contribution in [3.63, 3.8) is 0 Å². The summed E-state index contributed by atoms with van der Waals surface area (Å²) in [6.45, 7) is 6.33. The van der Waals surface area contributed by atoms with Crippen LogP contribution in [0.5, 0.6) is 11.5 Å². The molecule has 0 saturated heterocycles. The van der Waals surface area contributed by atoms with Gasteiger partial charge < -0.3 is 9.62 Å². The van der Waals surface area contributed by atoms with E-state index in [9.17, 15) is 0 Å². The molecule has 0 spiro atoms. The van der Waals surface area contributed by atoms with Crippen LogP contribution in [0.15, 0.2) is 84.9 Å². The van der Waals surface area contributed by atoms with Crippen LogP contribution in [0.2, 0.25) is 0 Å². The molecule has 0 radical (unpaired) electrons. The fourth-order valence-electron chi connectivity index (χ4n) is 4.26. The largest absolute Gasteiger partial charge is 0.483 e. The molecular formula is C29H26O3. The van der Waals surface area contributed by atoms with Crippen LogP contribution in [0.1, 0.15) is 30.5 Å². The van der Waals surface area contributed by atoms with Crippen molar-refractivity contribution >= 4 is 16.3 Å². The number of ether oxygens (including phenoxy) is 1. The quantitative estimate of drug-likeness (QED) is 0.254. The molecule has 0 saturated carbocycles. The molecule has 0 amide bonds. The molecule has 160 valence electrons. The molecule has 0 N–H and O–H groups in total. The van der Waals surface area contributed by atoms with E-state index in [1.165, 1.54) is 29.2 Å². The summed E-state index contributed by atoms with van der Waals surface area (Å²) in [5.41, 5.74) is 6.71. The van der Waals surface area contributed by atoms with E-state index in [-0.39, 0.29) is 5.60 Å². The zero-order valence-electron chi connectivity index (χ0n) is 18.8. The minimum absolute atomic E-state index is 0.368. The fraction of sp³-hybridized carbons (Fsp3) is 0.172. The Morgan fingerprint density at radius 1 is 0.719 bits per heavy atom. The van der Waals surface area contributed by atoms with Gasteiger partial charge in [0.1, 0.15) is 11.4 Å². The van der Waals surface area contributed by atoms with Crippen LogP contribution in [0, 0.1) is 6.92 Å². The summed E-state index contributed by atoms with van der Waals surface area (Å²) in [7, 11) is 1.50. The molecule has 0 unspecified atom stereocenters. The van der Waals surface area contributed by atoms with Gasteiger partial charge in [-0.15, -0.1) is 0 Å². The lowest BCUT2D eigenvalue weighted by Gasteiger charge is -2.31. The highest BCUT2D eigenvalue weighted by Crippen LogP contribution is 2.42. The van der Waals surface area contributed by atoms with Crippen LogP contribution in [0.3, 0.4) is 0 Å². The Morgan fingerprint density at radius 3 is 2.12 bits per heavy atom. The molecule has 0 atom stereocenters. The van der Waals surface area contributed by atoms with Gasteiger partial charge in [-0.2, -0.15) is 4.89 Å².